The number of furan rings is 1. The molecule has 0 unspecified atom stereocenters. The van der Waals surface area contributed by atoms with Crippen molar-refractivity contribution in [3.05, 3.63) is 55.6 Å². The monoisotopic (exact) mass is 587 g/mol. The van der Waals surface area contributed by atoms with Gasteiger partial charge in [0.05, 0.1) is 15.2 Å². The first-order chi connectivity index (χ1) is 17.2. The Balaban J connectivity index is 1.18. The third kappa shape index (κ3) is 4.10. The second-order valence-corrected chi connectivity index (χ2v) is 12.8. The number of nitrogens with zero attached hydrogens (tertiary/aromatic N) is 2. The van der Waals surface area contributed by atoms with Crippen LogP contribution in [0.15, 0.2) is 44.1 Å². The lowest BCUT2D eigenvalue weighted by atomic mass is 9.49. The zero-order valence-electron chi connectivity index (χ0n) is 19.1. The number of carbonyl (C=O) groups excluding carboxylic acids is 2. The van der Waals surface area contributed by atoms with E-state index in [1.807, 2.05) is 0 Å². The van der Waals surface area contributed by atoms with Crippen molar-refractivity contribution in [3.63, 3.8) is 0 Å². The topological polar surface area (TPSA) is 106 Å². The van der Waals surface area contributed by atoms with E-state index < -0.39 is 4.92 Å². The summed E-state index contributed by atoms with van der Waals surface area (Å²) in [4.78, 5) is 37.4. The molecule has 1 aliphatic heterocycles. The third-order valence-electron chi connectivity index (χ3n) is 7.86. The maximum Gasteiger partial charge on any atom is 0.285 e. The molecule has 2 heterocycles. The van der Waals surface area contributed by atoms with Gasteiger partial charge in [-0.3, -0.25) is 25.1 Å². The normalized spacial score (nSPS) is 29.9. The molecule has 4 bridgehead atoms. The number of benzene rings is 1. The number of thiocarbonyl (C=S) groups is 1. The molecule has 1 aromatic heterocycles. The van der Waals surface area contributed by atoms with Crippen LogP contribution in [-0.2, 0) is 9.59 Å². The van der Waals surface area contributed by atoms with Gasteiger partial charge in [-0.15, -0.1) is 0 Å². The van der Waals surface area contributed by atoms with Gasteiger partial charge < -0.3 is 4.42 Å². The van der Waals surface area contributed by atoms with Crippen molar-refractivity contribution >= 4 is 67.8 Å². The Kier molecular flexibility index (Phi) is 5.84. The minimum atomic E-state index is -0.466. The molecule has 2 aromatic rings. The molecule has 0 spiro atoms. The molecule has 1 saturated heterocycles. The van der Waals surface area contributed by atoms with Gasteiger partial charge in [-0.25, -0.2) is 0 Å². The van der Waals surface area contributed by atoms with E-state index in [1.165, 1.54) is 36.4 Å². The number of nitrogens with one attached hydrogen (secondary N) is 1. The molecular weight excluding hydrogens is 566 g/mol. The summed E-state index contributed by atoms with van der Waals surface area (Å²) >= 11 is 9.90. The van der Waals surface area contributed by atoms with Crippen molar-refractivity contribution in [3.8, 4) is 11.3 Å². The van der Waals surface area contributed by atoms with Crippen molar-refractivity contribution < 1.29 is 18.9 Å². The van der Waals surface area contributed by atoms with E-state index in [0.29, 0.717) is 44.2 Å². The average molecular weight is 589 g/mol. The Hall–Kier alpha value is -2.50. The van der Waals surface area contributed by atoms with Gasteiger partial charge in [-0.1, -0.05) is 11.8 Å². The summed E-state index contributed by atoms with van der Waals surface area (Å²) in [5.74, 6) is 2.34. The van der Waals surface area contributed by atoms with Gasteiger partial charge in [-0.05, 0) is 103 Å². The Bertz CT molecular complexity index is 1320. The molecule has 0 atom stereocenters. The first kappa shape index (κ1) is 23.9. The summed E-state index contributed by atoms with van der Waals surface area (Å²) in [6, 6.07) is 7.86. The first-order valence-corrected chi connectivity index (χ1v) is 13.9. The van der Waals surface area contributed by atoms with E-state index in [0.717, 1.165) is 31.0 Å². The molecule has 186 valence electrons. The maximum atomic E-state index is 13.4. The Morgan fingerprint density at radius 3 is 2.47 bits per heavy atom. The Morgan fingerprint density at radius 1 is 1.19 bits per heavy atom. The van der Waals surface area contributed by atoms with Crippen LogP contribution in [0, 0.1) is 33.3 Å². The molecule has 8 nitrogen and oxygen atoms in total. The predicted octanol–water partition coefficient (Wildman–Crippen LogP) is 6.07. The van der Waals surface area contributed by atoms with E-state index in [-0.39, 0.29) is 27.2 Å². The largest absolute Gasteiger partial charge is 0.457 e. The van der Waals surface area contributed by atoms with Crippen molar-refractivity contribution in [1.82, 2.24) is 10.4 Å². The maximum absolute atomic E-state index is 13.4. The first-order valence-electron chi connectivity index (χ1n) is 11.8. The van der Waals surface area contributed by atoms with E-state index in [4.69, 9.17) is 16.6 Å². The van der Waals surface area contributed by atoms with Crippen molar-refractivity contribution in [2.75, 3.05) is 0 Å². The van der Waals surface area contributed by atoms with E-state index in [9.17, 15) is 19.7 Å². The molecule has 2 amide bonds. The molecule has 1 aromatic carbocycles. The van der Waals surface area contributed by atoms with Crippen LogP contribution < -0.4 is 5.43 Å². The second kappa shape index (κ2) is 8.81. The van der Waals surface area contributed by atoms with Gasteiger partial charge in [0.2, 0.25) is 5.91 Å². The summed E-state index contributed by atoms with van der Waals surface area (Å²) < 4.78 is 6.70. The fourth-order valence-corrected chi connectivity index (χ4v) is 8.42. The molecule has 5 aliphatic rings. The van der Waals surface area contributed by atoms with Crippen LogP contribution in [-0.4, -0.2) is 26.1 Å². The zero-order valence-corrected chi connectivity index (χ0v) is 22.3. The Morgan fingerprint density at radius 2 is 1.86 bits per heavy atom. The summed E-state index contributed by atoms with van der Waals surface area (Å²) in [6.07, 6.45) is 8.02. The van der Waals surface area contributed by atoms with E-state index in [1.54, 1.807) is 24.3 Å². The van der Waals surface area contributed by atoms with Crippen LogP contribution in [0.1, 0.15) is 44.3 Å². The van der Waals surface area contributed by atoms with E-state index in [2.05, 4.69) is 21.4 Å². The molecule has 4 saturated carbocycles. The standard InChI is InChI=1S/C25H22BrN3O5S2/c26-19-8-16(29(32)33)1-3-18(19)20-4-2-17(34-20)9-21-22(30)28(24(35)36-21)27-23(31)25-10-13-5-14(11-25)7-15(6-13)12-25/h1-4,8-9,13-15H,5-7,10-12H2,(H,27,31)/b21-9+. The number of rotatable bonds is 5. The number of nitro benzene ring substituents is 1. The molecule has 36 heavy (non-hydrogen) atoms. The summed E-state index contributed by atoms with van der Waals surface area (Å²) in [7, 11) is 0. The molecule has 5 fully saturated rings. The summed E-state index contributed by atoms with van der Waals surface area (Å²) in [6.45, 7) is 0. The molecule has 4 aliphatic carbocycles. The third-order valence-corrected chi connectivity index (χ3v) is 9.81. The molecule has 1 N–H and O–H groups in total. The molecule has 11 heteroatoms. The fraction of sp³-hybridized carbons (Fsp3) is 0.400. The average Bonchev–Trinajstić information content (AvgIpc) is 3.38. The number of hydrazine groups is 1. The molecule has 7 rings (SSSR count). The number of non-ortho nitro benzene ring substituents is 1. The number of thioether (sulfide) groups is 1. The Labute approximate surface area is 225 Å². The van der Waals surface area contributed by atoms with Gasteiger partial charge in [0.15, 0.2) is 4.32 Å². The fourth-order valence-electron chi connectivity index (χ4n) is 6.69. The van der Waals surface area contributed by atoms with Gasteiger partial charge in [0.1, 0.15) is 11.5 Å². The predicted molar refractivity (Wildman–Crippen MR) is 142 cm³/mol. The number of carbonyl (C=O) groups is 2. The lowest BCUT2D eigenvalue weighted by Gasteiger charge is -2.55. The van der Waals surface area contributed by atoms with Crippen molar-refractivity contribution in [2.24, 2.45) is 23.2 Å². The summed E-state index contributed by atoms with van der Waals surface area (Å²) in [5, 5.41) is 12.2. The van der Waals surface area contributed by atoms with Crippen LogP contribution in [0.3, 0.4) is 0 Å². The molecular formula is C25H22BrN3O5S2. The van der Waals surface area contributed by atoms with Crippen LogP contribution in [0.2, 0.25) is 0 Å². The van der Waals surface area contributed by atoms with Gasteiger partial charge in [0, 0.05) is 28.2 Å². The van der Waals surface area contributed by atoms with Crippen LogP contribution in [0.5, 0.6) is 0 Å². The number of hydrogen-bond acceptors (Lipinski definition) is 7. The lowest BCUT2D eigenvalue weighted by Crippen LogP contribution is -2.57. The number of amides is 2. The highest BCUT2D eigenvalue weighted by atomic mass is 79.9. The van der Waals surface area contributed by atoms with E-state index >= 15 is 0 Å². The van der Waals surface area contributed by atoms with Crippen molar-refractivity contribution in [1.29, 1.82) is 0 Å². The highest BCUT2D eigenvalue weighted by Crippen LogP contribution is 2.60. The minimum absolute atomic E-state index is 0.0309. The van der Waals surface area contributed by atoms with Gasteiger partial charge in [-0.2, -0.15) is 5.01 Å². The molecule has 0 radical (unpaired) electrons. The SMILES string of the molecule is O=C1/C(=C\c2ccc(-c3ccc([N+](=O)[O-])cc3Br)o2)SC(=S)N1NC(=O)C12CC3CC(CC(C3)C1)C2. The van der Waals surface area contributed by atoms with Gasteiger partial charge in [0.25, 0.3) is 11.6 Å². The number of nitro groups is 1. The van der Waals surface area contributed by atoms with Crippen molar-refractivity contribution in [2.45, 2.75) is 38.5 Å². The smallest absolute Gasteiger partial charge is 0.285 e. The minimum Gasteiger partial charge on any atom is -0.457 e. The summed E-state index contributed by atoms with van der Waals surface area (Å²) in [5.41, 5.74) is 3.09. The highest BCUT2D eigenvalue weighted by Gasteiger charge is 2.55. The zero-order chi connectivity index (χ0) is 25.2. The van der Waals surface area contributed by atoms with Gasteiger partial charge >= 0.3 is 0 Å². The number of hydrogen-bond donors (Lipinski definition) is 1. The highest BCUT2D eigenvalue weighted by molar-refractivity contribution is 9.10. The van der Waals surface area contributed by atoms with Crippen LogP contribution >= 0.6 is 39.9 Å². The quantitative estimate of drug-likeness (QED) is 0.196. The van der Waals surface area contributed by atoms with Crippen LogP contribution in [0.4, 0.5) is 5.69 Å². The lowest BCUT2D eigenvalue weighted by molar-refractivity contribution is -0.384. The number of halogens is 1. The second-order valence-electron chi connectivity index (χ2n) is 10.3. The van der Waals surface area contributed by atoms with Crippen LogP contribution in [0.25, 0.3) is 17.4 Å².